The Morgan fingerprint density at radius 1 is 1.07 bits per heavy atom. The zero-order valence-corrected chi connectivity index (χ0v) is 15.9. The minimum atomic E-state index is -0.776. The second-order valence-electron chi connectivity index (χ2n) is 7.87. The number of carbonyl (C=O) groups is 2. The van der Waals surface area contributed by atoms with E-state index < -0.39 is 11.9 Å². The van der Waals surface area contributed by atoms with Gasteiger partial charge >= 0.3 is 0 Å². The van der Waals surface area contributed by atoms with Gasteiger partial charge in [0.2, 0.25) is 0 Å². The maximum absolute atomic E-state index is 14.8. The Labute approximate surface area is 168 Å². The molecular formula is C23H21FN2O3. The molecule has 0 radical (unpaired) electrons. The molecule has 0 spiro atoms. The van der Waals surface area contributed by atoms with Crippen molar-refractivity contribution in [3.63, 3.8) is 0 Å². The van der Waals surface area contributed by atoms with Gasteiger partial charge in [-0.1, -0.05) is 24.6 Å². The molecule has 0 N–H and O–H groups in total. The van der Waals surface area contributed by atoms with Crippen molar-refractivity contribution in [3.8, 4) is 0 Å². The van der Waals surface area contributed by atoms with Crippen LogP contribution in [0.1, 0.15) is 42.9 Å². The molecule has 0 bridgehead atoms. The summed E-state index contributed by atoms with van der Waals surface area (Å²) in [5.74, 6) is -0.972. The molecule has 1 saturated carbocycles. The largest absolute Gasteiger partial charge is 0.483 e. The molecule has 3 heterocycles. The fourth-order valence-corrected chi connectivity index (χ4v) is 4.76. The van der Waals surface area contributed by atoms with E-state index in [-0.39, 0.29) is 36.0 Å². The summed E-state index contributed by atoms with van der Waals surface area (Å²) in [5.41, 5.74) is 1.50. The van der Waals surface area contributed by atoms with Crippen LogP contribution in [0.5, 0.6) is 0 Å². The van der Waals surface area contributed by atoms with Gasteiger partial charge in [-0.3, -0.25) is 14.6 Å². The predicted octanol–water partition coefficient (Wildman–Crippen LogP) is 3.72. The molecule has 3 aliphatic rings. The van der Waals surface area contributed by atoms with Crippen LogP contribution in [0.4, 0.5) is 4.39 Å². The van der Waals surface area contributed by atoms with Crippen LogP contribution in [0.2, 0.25) is 0 Å². The van der Waals surface area contributed by atoms with E-state index in [9.17, 15) is 14.0 Å². The average molecular weight is 392 g/mol. The summed E-state index contributed by atoms with van der Waals surface area (Å²) in [6, 6.07) is 9.18. The third kappa shape index (κ3) is 2.94. The zero-order valence-electron chi connectivity index (χ0n) is 15.9. The Morgan fingerprint density at radius 3 is 2.62 bits per heavy atom. The van der Waals surface area contributed by atoms with Crippen molar-refractivity contribution >= 4 is 11.7 Å². The molecule has 2 aliphatic heterocycles. The summed E-state index contributed by atoms with van der Waals surface area (Å²) >= 11 is 0. The number of halogens is 1. The second kappa shape index (κ2) is 7.10. The number of carbonyl (C=O) groups excluding carboxylic acids is 2. The van der Waals surface area contributed by atoms with Gasteiger partial charge in [-0.2, -0.15) is 0 Å². The van der Waals surface area contributed by atoms with Crippen molar-refractivity contribution in [2.24, 2.45) is 5.92 Å². The number of hydrogen-bond acceptors (Lipinski definition) is 4. The molecule has 3 atom stereocenters. The molecule has 6 heteroatoms. The van der Waals surface area contributed by atoms with E-state index in [1.165, 1.54) is 6.07 Å². The van der Waals surface area contributed by atoms with Crippen LogP contribution in [0.15, 0.2) is 60.1 Å². The van der Waals surface area contributed by atoms with Crippen LogP contribution in [-0.2, 0) is 20.9 Å². The van der Waals surface area contributed by atoms with Gasteiger partial charge < -0.3 is 9.64 Å². The van der Waals surface area contributed by atoms with Gasteiger partial charge in [0.1, 0.15) is 11.9 Å². The first-order valence-corrected chi connectivity index (χ1v) is 10.0. The molecule has 2 aromatic rings. The van der Waals surface area contributed by atoms with Gasteiger partial charge in [-0.05, 0) is 43.0 Å². The minimum Gasteiger partial charge on any atom is -0.483 e. The van der Waals surface area contributed by atoms with Crippen LogP contribution >= 0.6 is 0 Å². The first kappa shape index (κ1) is 18.0. The first-order chi connectivity index (χ1) is 14.1. The number of rotatable bonds is 3. The summed E-state index contributed by atoms with van der Waals surface area (Å²) in [5, 5.41) is 0. The van der Waals surface area contributed by atoms with E-state index in [4.69, 9.17) is 4.74 Å². The van der Waals surface area contributed by atoms with Crippen LogP contribution in [-0.4, -0.2) is 27.7 Å². The predicted molar refractivity (Wildman–Crippen MR) is 103 cm³/mol. The number of fused-ring (bicyclic) bond motifs is 1. The normalized spacial score (nSPS) is 26.2. The first-order valence-electron chi connectivity index (χ1n) is 10.0. The maximum atomic E-state index is 14.8. The maximum Gasteiger partial charge on any atom is 0.290 e. The third-order valence-corrected chi connectivity index (χ3v) is 6.16. The van der Waals surface area contributed by atoms with E-state index in [1.54, 1.807) is 35.5 Å². The van der Waals surface area contributed by atoms with Crippen molar-refractivity contribution in [2.45, 2.75) is 44.4 Å². The number of amides is 1. The quantitative estimate of drug-likeness (QED) is 0.799. The van der Waals surface area contributed by atoms with E-state index >= 15 is 0 Å². The zero-order chi connectivity index (χ0) is 20.0. The molecule has 1 aliphatic carbocycles. The molecule has 1 aromatic heterocycles. The number of pyridine rings is 1. The summed E-state index contributed by atoms with van der Waals surface area (Å²) in [4.78, 5) is 32.3. The van der Waals surface area contributed by atoms with Gasteiger partial charge in [-0.25, -0.2) is 4.39 Å². The summed E-state index contributed by atoms with van der Waals surface area (Å²) in [6.45, 7) is 0.249. The van der Waals surface area contributed by atoms with Crippen molar-refractivity contribution in [2.75, 3.05) is 0 Å². The van der Waals surface area contributed by atoms with Gasteiger partial charge in [0.25, 0.3) is 5.91 Å². The lowest BCUT2D eigenvalue weighted by Crippen LogP contribution is -2.39. The highest BCUT2D eigenvalue weighted by atomic mass is 19.1. The SMILES string of the molecule is O=C1C2=C(OC3CCCCC13)C(=O)N(Cc1ccncc1)C2c1ccccc1F. The van der Waals surface area contributed by atoms with Gasteiger partial charge in [0, 0.05) is 24.5 Å². The number of benzene rings is 1. The molecule has 148 valence electrons. The highest BCUT2D eigenvalue weighted by Crippen LogP contribution is 2.47. The lowest BCUT2D eigenvalue weighted by atomic mass is 9.77. The van der Waals surface area contributed by atoms with Crippen molar-refractivity contribution < 1.29 is 18.7 Å². The van der Waals surface area contributed by atoms with E-state index in [0.717, 1.165) is 31.2 Å². The van der Waals surface area contributed by atoms with Gasteiger partial charge in [-0.15, -0.1) is 0 Å². The van der Waals surface area contributed by atoms with Crippen molar-refractivity contribution in [1.29, 1.82) is 0 Å². The van der Waals surface area contributed by atoms with Crippen molar-refractivity contribution in [3.05, 3.63) is 77.1 Å². The fourth-order valence-electron chi connectivity index (χ4n) is 4.76. The van der Waals surface area contributed by atoms with Crippen molar-refractivity contribution in [1.82, 2.24) is 9.88 Å². The average Bonchev–Trinajstić information content (AvgIpc) is 3.01. The fraction of sp³-hybridized carbons (Fsp3) is 0.348. The van der Waals surface area contributed by atoms with E-state index in [0.29, 0.717) is 11.1 Å². The lowest BCUT2D eigenvalue weighted by Gasteiger charge is -2.35. The van der Waals surface area contributed by atoms with Crippen LogP contribution in [0, 0.1) is 11.7 Å². The Bertz CT molecular complexity index is 1000. The molecule has 1 fully saturated rings. The third-order valence-electron chi connectivity index (χ3n) is 6.16. The highest BCUT2D eigenvalue weighted by Gasteiger charge is 2.52. The topological polar surface area (TPSA) is 59.5 Å². The van der Waals surface area contributed by atoms with E-state index in [1.807, 2.05) is 12.1 Å². The Morgan fingerprint density at radius 2 is 1.83 bits per heavy atom. The minimum absolute atomic E-state index is 0.0604. The number of ether oxygens (including phenoxy) is 1. The number of Topliss-reactive ketones (excluding diaryl/α,β-unsaturated/α-hetero) is 1. The number of aromatic nitrogens is 1. The number of ketones is 1. The Kier molecular flexibility index (Phi) is 4.42. The smallest absolute Gasteiger partial charge is 0.290 e. The van der Waals surface area contributed by atoms with E-state index in [2.05, 4.69) is 4.98 Å². The highest BCUT2D eigenvalue weighted by molar-refractivity contribution is 6.11. The second-order valence-corrected chi connectivity index (χ2v) is 7.87. The number of nitrogens with zero attached hydrogens (tertiary/aromatic N) is 2. The Balaban J connectivity index is 1.61. The summed E-state index contributed by atoms with van der Waals surface area (Å²) < 4.78 is 20.9. The standard InChI is InChI=1S/C23H21FN2O3/c24-17-7-3-1-5-15(17)20-19-21(27)16-6-2-4-8-18(16)29-22(19)23(28)26(20)13-14-9-11-25-12-10-14/h1,3,5,7,9-12,16,18,20H,2,4,6,8,13H2. The molecule has 1 amide bonds. The van der Waals surface area contributed by atoms with Crippen LogP contribution in [0.25, 0.3) is 0 Å². The van der Waals surface area contributed by atoms with Crippen LogP contribution in [0.3, 0.4) is 0 Å². The van der Waals surface area contributed by atoms with Crippen LogP contribution < -0.4 is 0 Å². The lowest BCUT2D eigenvalue weighted by molar-refractivity contribution is -0.135. The molecule has 5 nitrogen and oxygen atoms in total. The Hall–Kier alpha value is -3.02. The molecule has 5 rings (SSSR count). The molecule has 3 unspecified atom stereocenters. The van der Waals surface area contributed by atoms with Gasteiger partial charge in [0.05, 0.1) is 17.5 Å². The van der Waals surface area contributed by atoms with Gasteiger partial charge in [0.15, 0.2) is 11.5 Å². The molecule has 1 aromatic carbocycles. The monoisotopic (exact) mass is 392 g/mol. The molecule has 29 heavy (non-hydrogen) atoms. The number of hydrogen-bond donors (Lipinski definition) is 0. The summed E-state index contributed by atoms with van der Waals surface area (Å²) in [7, 11) is 0. The summed E-state index contributed by atoms with van der Waals surface area (Å²) in [6.07, 6.45) is 6.54. The molecule has 0 saturated heterocycles. The molecular weight excluding hydrogens is 371 g/mol.